The molecule has 0 radical (unpaired) electrons. The van der Waals surface area contributed by atoms with Gasteiger partial charge in [-0.05, 0) is 53.4 Å². The third-order valence-corrected chi connectivity index (χ3v) is 5.82. The van der Waals surface area contributed by atoms with E-state index in [1.54, 1.807) is 6.92 Å². The van der Waals surface area contributed by atoms with Crippen molar-refractivity contribution in [2.45, 2.75) is 38.1 Å². The molecule has 2 amide bonds. The van der Waals surface area contributed by atoms with Crippen molar-refractivity contribution in [3.8, 4) is 0 Å². The van der Waals surface area contributed by atoms with Crippen molar-refractivity contribution < 1.29 is 27.5 Å². The normalized spacial score (nSPS) is 18.8. The highest BCUT2D eigenvalue weighted by molar-refractivity contribution is 6.30. The van der Waals surface area contributed by atoms with Gasteiger partial charge in [0.15, 0.2) is 0 Å². The van der Waals surface area contributed by atoms with Crippen molar-refractivity contribution in [3.63, 3.8) is 0 Å². The minimum atomic E-state index is -4.60. The monoisotopic (exact) mass is 461 g/mol. The van der Waals surface area contributed by atoms with Gasteiger partial charge in [-0.15, -0.1) is 0 Å². The van der Waals surface area contributed by atoms with Gasteiger partial charge in [-0.25, -0.2) is 9.69 Å². The van der Waals surface area contributed by atoms with Gasteiger partial charge in [-0.3, -0.25) is 4.79 Å². The molecule has 4 nitrogen and oxygen atoms in total. The summed E-state index contributed by atoms with van der Waals surface area (Å²) >= 11 is 5.86. The second kappa shape index (κ2) is 8.47. The molecule has 3 aromatic carbocycles. The third kappa shape index (κ3) is 4.30. The molecule has 0 unspecified atom stereocenters. The molecule has 0 aliphatic carbocycles. The Balaban J connectivity index is 1.52. The lowest BCUT2D eigenvalue weighted by Crippen LogP contribution is -2.37. The van der Waals surface area contributed by atoms with Gasteiger partial charge in [0.2, 0.25) is 5.91 Å². The van der Waals surface area contributed by atoms with Crippen LogP contribution in [0.2, 0.25) is 5.02 Å². The van der Waals surface area contributed by atoms with E-state index in [4.69, 9.17) is 16.3 Å². The second-order valence-electron chi connectivity index (χ2n) is 7.72. The van der Waals surface area contributed by atoms with Crippen LogP contribution in [0.25, 0.3) is 10.8 Å². The standard InChI is InChI=1S/C24H19ClF3NO3/c1-14-22(17-11-18(24(26,27)28)13-19(25)12-17)32-23(31)29(14)21(30)10-9-16-7-4-6-15-5-2-3-8-20(15)16/h2-8,11-14,22H,9-10H2,1H3/t14-,22-/m0/s1. The van der Waals surface area contributed by atoms with E-state index in [1.807, 2.05) is 42.5 Å². The Morgan fingerprint density at radius 1 is 1.09 bits per heavy atom. The predicted molar refractivity (Wildman–Crippen MR) is 114 cm³/mol. The summed E-state index contributed by atoms with van der Waals surface area (Å²) in [6, 6.07) is 15.8. The number of benzene rings is 3. The molecule has 1 aliphatic rings. The highest BCUT2D eigenvalue weighted by atomic mass is 35.5. The molecular weight excluding hydrogens is 443 g/mol. The van der Waals surface area contributed by atoms with Crippen LogP contribution in [0.3, 0.4) is 0 Å². The first-order valence-electron chi connectivity index (χ1n) is 10.0. The molecule has 1 aliphatic heterocycles. The number of carbonyl (C=O) groups is 2. The fraction of sp³-hybridized carbons (Fsp3) is 0.250. The number of rotatable bonds is 4. The second-order valence-corrected chi connectivity index (χ2v) is 8.15. The lowest BCUT2D eigenvalue weighted by atomic mass is 9.99. The summed E-state index contributed by atoms with van der Waals surface area (Å²) in [7, 11) is 0. The fourth-order valence-corrected chi connectivity index (χ4v) is 4.30. The van der Waals surface area contributed by atoms with Crippen LogP contribution in [0.1, 0.15) is 36.1 Å². The number of aryl methyl sites for hydroxylation is 1. The molecule has 3 aromatic rings. The Bertz CT molecular complexity index is 1190. The predicted octanol–water partition coefficient (Wildman–Crippen LogP) is 6.55. The number of alkyl halides is 3. The summed E-state index contributed by atoms with van der Waals surface area (Å²) in [5.74, 6) is -0.448. The van der Waals surface area contributed by atoms with E-state index in [0.29, 0.717) is 6.42 Å². The highest BCUT2D eigenvalue weighted by Crippen LogP contribution is 2.38. The first-order chi connectivity index (χ1) is 15.1. The molecule has 1 fully saturated rings. The number of ether oxygens (including phenoxy) is 1. The van der Waals surface area contributed by atoms with Crippen LogP contribution in [-0.4, -0.2) is 22.9 Å². The summed E-state index contributed by atoms with van der Waals surface area (Å²) in [5, 5.41) is 1.95. The largest absolute Gasteiger partial charge is 0.439 e. The number of halogens is 4. The van der Waals surface area contributed by atoms with Crippen molar-refractivity contribution in [2.24, 2.45) is 0 Å². The lowest BCUT2D eigenvalue weighted by molar-refractivity contribution is -0.137. The molecule has 1 heterocycles. The number of amides is 2. The summed E-state index contributed by atoms with van der Waals surface area (Å²) in [4.78, 5) is 26.3. The van der Waals surface area contributed by atoms with Crippen LogP contribution in [0.5, 0.6) is 0 Å². The van der Waals surface area contributed by atoms with Gasteiger partial charge in [0.25, 0.3) is 0 Å². The maximum absolute atomic E-state index is 13.2. The highest BCUT2D eigenvalue weighted by Gasteiger charge is 2.44. The summed E-state index contributed by atoms with van der Waals surface area (Å²) in [5.41, 5.74) is 0.122. The number of hydrogen-bond donors (Lipinski definition) is 0. The van der Waals surface area contributed by atoms with E-state index in [9.17, 15) is 22.8 Å². The first-order valence-corrected chi connectivity index (χ1v) is 10.4. The topological polar surface area (TPSA) is 46.6 Å². The maximum Gasteiger partial charge on any atom is 0.417 e. The molecule has 32 heavy (non-hydrogen) atoms. The smallest absolute Gasteiger partial charge is 0.417 e. The molecule has 166 valence electrons. The van der Waals surface area contributed by atoms with Crippen LogP contribution < -0.4 is 0 Å². The molecule has 1 saturated heterocycles. The Labute approximate surface area is 187 Å². The molecule has 0 aromatic heterocycles. The average Bonchev–Trinajstić information content (AvgIpc) is 3.05. The van der Waals surface area contributed by atoms with Gasteiger partial charge in [0, 0.05) is 11.4 Å². The summed E-state index contributed by atoms with van der Waals surface area (Å²) in [6.07, 6.45) is -6.04. The van der Waals surface area contributed by atoms with Crippen LogP contribution in [0, 0.1) is 0 Å². The van der Waals surface area contributed by atoms with E-state index >= 15 is 0 Å². The molecule has 0 spiro atoms. The van der Waals surface area contributed by atoms with Gasteiger partial charge in [-0.1, -0.05) is 54.1 Å². The Morgan fingerprint density at radius 2 is 1.81 bits per heavy atom. The van der Waals surface area contributed by atoms with Gasteiger partial charge in [0.1, 0.15) is 6.10 Å². The Kier molecular flexibility index (Phi) is 5.86. The molecule has 0 saturated carbocycles. The summed E-state index contributed by atoms with van der Waals surface area (Å²) in [6.45, 7) is 1.57. The minimum Gasteiger partial charge on any atom is -0.439 e. The number of cyclic esters (lactones) is 1. The van der Waals surface area contributed by atoms with E-state index in [0.717, 1.165) is 33.4 Å². The van der Waals surface area contributed by atoms with E-state index in [1.165, 1.54) is 6.07 Å². The van der Waals surface area contributed by atoms with Crippen molar-refractivity contribution >= 4 is 34.4 Å². The number of imide groups is 1. The van der Waals surface area contributed by atoms with Gasteiger partial charge in [0.05, 0.1) is 11.6 Å². The summed E-state index contributed by atoms with van der Waals surface area (Å²) < 4.78 is 44.7. The van der Waals surface area contributed by atoms with Crippen molar-refractivity contribution in [2.75, 3.05) is 0 Å². The van der Waals surface area contributed by atoms with Crippen LogP contribution in [0.4, 0.5) is 18.0 Å². The fourth-order valence-electron chi connectivity index (χ4n) is 4.05. The first kappa shape index (κ1) is 22.1. The van der Waals surface area contributed by atoms with Gasteiger partial charge in [-0.2, -0.15) is 13.2 Å². The van der Waals surface area contributed by atoms with Crippen LogP contribution >= 0.6 is 11.6 Å². The van der Waals surface area contributed by atoms with Crippen LogP contribution in [-0.2, 0) is 22.1 Å². The van der Waals surface area contributed by atoms with Crippen molar-refractivity contribution in [3.05, 3.63) is 82.4 Å². The van der Waals surface area contributed by atoms with E-state index < -0.39 is 35.9 Å². The molecule has 0 N–H and O–H groups in total. The Morgan fingerprint density at radius 3 is 2.56 bits per heavy atom. The number of fused-ring (bicyclic) bond motifs is 1. The zero-order valence-corrected chi connectivity index (χ0v) is 17.8. The van der Waals surface area contributed by atoms with E-state index in [-0.39, 0.29) is 17.0 Å². The molecule has 0 bridgehead atoms. The van der Waals surface area contributed by atoms with Crippen molar-refractivity contribution in [1.82, 2.24) is 4.90 Å². The zero-order valence-electron chi connectivity index (χ0n) is 17.0. The van der Waals surface area contributed by atoms with E-state index in [2.05, 4.69) is 0 Å². The molecule has 8 heteroatoms. The molecular formula is C24H19ClF3NO3. The molecule has 4 rings (SSSR count). The number of hydrogen-bond acceptors (Lipinski definition) is 3. The van der Waals surface area contributed by atoms with Crippen LogP contribution in [0.15, 0.2) is 60.7 Å². The number of carbonyl (C=O) groups excluding carboxylic acids is 2. The quantitative estimate of drug-likeness (QED) is 0.442. The molecule has 2 atom stereocenters. The SMILES string of the molecule is C[C@H]1[C@@H](c2cc(Cl)cc(C(F)(F)F)c2)OC(=O)N1C(=O)CCc1cccc2ccccc12. The maximum atomic E-state index is 13.2. The lowest BCUT2D eigenvalue weighted by Gasteiger charge is -2.20. The van der Waals surface area contributed by atoms with Gasteiger partial charge < -0.3 is 4.74 Å². The minimum absolute atomic E-state index is 0.0590. The number of nitrogens with zero attached hydrogens (tertiary/aromatic N) is 1. The van der Waals surface area contributed by atoms with Crippen molar-refractivity contribution in [1.29, 1.82) is 0 Å². The third-order valence-electron chi connectivity index (χ3n) is 5.60. The zero-order chi connectivity index (χ0) is 23.0. The Hall–Kier alpha value is -3.06. The average molecular weight is 462 g/mol. The van der Waals surface area contributed by atoms with Gasteiger partial charge >= 0.3 is 12.3 Å².